The number of fused-ring (bicyclic) bond motifs is 2. The molecule has 1 aliphatic heterocycles. The van der Waals surface area contributed by atoms with Gasteiger partial charge in [0.05, 0.1) is 6.10 Å². The van der Waals surface area contributed by atoms with E-state index in [-0.39, 0.29) is 12.0 Å². The van der Waals surface area contributed by atoms with Crippen molar-refractivity contribution in [2.24, 2.45) is 5.92 Å². The Balaban J connectivity index is 1.65. The van der Waals surface area contributed by atoms with E-state index in [0.717, 1.165) is 32.4 Å². The molecule has 19 heavy (non-hydrogen) atoms. The zero-order valence-electron chi connectivity index (χ0n) is 11.4. The maximum absolute atomic E-state index is 11.3. The van der Waals surface area contributed by atoms with Gasteiger partial charge in [-0.1, -0.05) is 25.2 Å². The molecule has 1 N–H and O–H groups in total. The Hall–Kier alpha value is -1.35. The van der Waals surface area contributed by atoms with Gasteiger partial charge in [-0.2, -0.15) is 0 Å². The van der Waals surface area contributed by atoms with E-state index in [9.17, 15) is 4.79 Å². The topological polar surface area (TPSA) is 38.3 Å². The van der Waals surface area contributed by atoms with Crippen molar-refractivity contribution < 1.29 is 9.53 Å². The van der Waals surface area contributed by atoms with Gasteiger partial charge in [0.15, 0.2) is 0 Å². The predicted octanol–water partition coefficient (Wildman–Crippen LogP) is 2.50. The van der Waals surface area contributed by atoms with Crippen molar-refractivity contribution in [2.45, 2.75) is 38.7 Å². The summed E-state index contributed by atoms with van der Waals surface area (Å²) < 4.78 is 5.76. The fourth-order valence-corrected chi connectivity index (χ4v) is 3.31. The molecule has 3 rings (SSSR count). The molecule has 2 unspecified atom stereocenters. The van der Waals surface area contributed by atoms with Crippen molar-refractivity contribution in [1.82, 2.24) is 5.32 Å². The monoisotopic (exact) mass is 259 g/mol. The molecule has 102 valence electrons. The third kappa shape index (κ3) is 2.39. The highest BCUT2D eigenvalue weighted by Gasteiger charge is 2.35. The highest BCUT2D eigenvalue weighted by molar-refractivity contribution is 5.75. The van der Waals surface area contributed by atoms with Crippen LogP contribution in [0.5, 0.6) is 0 Å². The van der Waals surface area contributed by atoms with E-state index < -0.39 is 0 Å². The molecule has 1 amide bonds. The van der Waals surface area contributed by atoms with Gasteiger partial charge in [0.1, 0.15) is 0 Å². The summed E-state index contributed by atoms with van der Waals surface area (Å²) in [7, 11) is 0. The number of allylic oxidation sites excluding steroid dienone is 3. The second-order valence-electron chi connectivity index (χ2n) is 5.42. The fourth-order valence-electron chi connectivity index (χ4n) is 3.31. The Bertz CT molecular complexity index is 473. The van der Waals surface area contributed by atoms with Crippen molar-refractivity contribution in [3.8, 4) is 0 Å². The second kappa shape index (κ2) is 5.33. The van der Waals surface area contributed by atoms with E-state index in [1.54, 1.807) is 0 Å². The van der Waals surface area contributed by atoms with Crippen molar-refractivity contribution in [1.29, 1.82) is 0 Å². The average Bonchev–Trinajstić information content (AvgIpc) is 3.03. The summed E-state index contributed by atoms with van der Waals surface area (Å²) in [5, 5.41) is 2.96. The predicted molar refractivity (Wildman–Crippen MR) is 74.6 cm³/mol. The van der Waals surface area contributed by atoms with Gasteiger partial charge < -0.3 is 10.1 Å². The summed E-state index contributed by atoms with van der Waals surface area (Å²) >= 11 is 0. The molecule has 0 spiro atoms. The van der Waals surface area contributed by atoms with E-state index in [2.05, 4.69) is 23.5 Å². The lowest BCUT2D eigenvalue weighted by Crippen LogP contribution is -2.25. The lowest BCUT2D eigenvalue weighted by molar-refractivity contribution is -0.120. The van der Waals surface area contributed by atoms with E-state index in [4.69, 9.17) is 4.74 Å². The first-order chi connectivity index (χ1) is 9.29. The van der Waals surface area contributed by atoms with Crippen LogP contribution < -0.4 is 5.32 Å². The first kappa shape index (κ1) is 12.7. The molecule has 3 nitrogen and oxygen atoms in total. The second-order valence-corrected chi connectivity index (χ2v) is 5.42. The molecule has 3 aliphatic rings. The third-order valence-corrected chi connectivity index (χ3v) is 4.29. The zero-order valence-corrected chi connectivity index (χ0v) is 11.4. The first-order valence-electron chi connectivity index (χ1n) is 7.28. The van der Waals surface area contributed by atoms with Crippen LogP contribution in [0.2, 0.25) is 0 Å². The molecular formula is C16H21NO2. The number of carbonyl (C=O) groups is 1. The molecule has 2 aliphatic carbocycles. The minimum atomic E-state index is 0.137. The van der Waals surface area contributed by atoms with Crippen LogP contribution in [0.25, 0.3) is 0 Å². The van der Waals surface area contributed by atoms with Gasteiger partial charge in [-0.25, -0.2) is 0 Å². The normalized spacial score (nSPS) is 28.2. The molecule has 0 saturated carbocycles. The standard InChI is InChI=1S/C16H21NO2/c1-2-15(18)17-9-7-12-4-3-11-5-6-14-13(16(11)12)8-10-19-14/h4-6,13-14H,2-3,7-10H2,1H3,(H,17,18). The molecule has 0 bridgehead atoms. The SMILES string of the molecule is CCC(=O)NCCC1=CCC2=C1C1CCOC1C=C2. The largest absolute Gasteiger partial charge is 0.373 e. The molecule has 0 aromatic heterocycles. The Kier molecular flexibility index (Phi) is 3.56. The van der Waals surface area contributed by atoms with Gasteiger partial charge >= 0.3 is 0 Å². The summed E-state index contributed by atoms with van der Waals surface area (Å²) in [4.78, 5) is 11.3. The Morgan fingerprint density at radius 1 is 1.53 bits per heavy atom. The number of nitrogens with one attached hydrogen (secondary N) is 1. The van der Waals surface area contributed by atoms with Crippen molar-refractivity contribution >= 4 is 5.91 Å². The van der Waals surface area contributed by atoms with Gasteiger partial charge in [-0.15, -0.1) is 0 Å². The summed E-state index contributed by atoms with van der Waals surface area (Å²) in [6.07, 6.45) is 10.7. The fraction of sp³-hybridized carbons (Fsp3) is 0.562. The van der Waals surface area contributed by atoms with Crippen molar-refractivity contribution in [3.63, 3.8) is 0 Å². The average molecular weight is 259 g/mol. The summed E-state index contributed by atoms with van der Waals surface area (Å²) in [6, 6.07) is 0. The number of hydrogen-bond donors (Lipinski definition) is 1. The van der Waals surface area contributed by atoms with Crippen LogP contribution >= 0.6 is 0 Å². The molecule has 2 atom stereocenters. The molecular weight excluding hydrogens is 238 g/mol. The summed E-state index contributed by atoms with van der Waals surface area (Å²) in [5.41, 5.74) is 4.40. The van der Waals surface area contributed by atoms with Gasteiger partial charge in [0.2, 0.25) is 5.91 Å². The lowest BCUT2D eigenvalue weighted by atomic mass is 9.82. The van der Waals surface area contributed by atoms with Gasteiger partial charge in [-0.05, 0) is 36.0 Å². The maximum atomic E-state index is 11.3. The van der Waals surface area contributed by atoms with Gasteiger partial charge in [0.25, 0.3) is 0 Å². The van der Waals surface area contributed by atoms with Crippen molar-refractivity contribution in [3.05, 3.63) is 34.9 Å². The highest BCUT2D eigenvalue weighted by Crippen LogP contribution is 2.43. The quantitative estimate of drug-likeness (QED) is 0.842. The minimum Gasteiger partial charge on any atom is -0.373 e. The van der Waals surface area contributed by atoms with Crippen LogP contribution in [0.1, 0.15) is 32.6 Å². The molecule has 0 radical (unpaired) electrons. The van der Waals surface area contributed by atoms with Gasteiger partial charge in [0, 0.05) is 25.5 Å². The van der Waals surface area contributed by atoms with E-state index in [1.807, 2.05) is 6.92 Å². The van der Waals surface area contributed by atoms with Crippen LogP contribution in [0, 0.1) is 5.92 Å². The molecule has 1 fully saturated rings. The van der Waals surface area contributed by atoms with Crippen LogP contribution in [-0.4, -0.2) is 25.2 Å². The van der Waals surface area contributed by atoms with E-state index >= 15 is 0 Å². The maximum Gasteiger partial charge on any atom is 0.219 e. The number of carbonyl (C=O) groups excluding carboxylic acids is 1. The van der Waals surface area contributed by atoms with Crippen LogP contribution in [0.3, 0.4) is 0 Å². The van der Waals surface area contributed by atoms with E-state index in [0.29, 0.717) is 12.3 Å². The van der Waals surface area contributed by atoms with Crippen LogP contribution in [0.4, 0.5) is 0 Å². The number of amides is 1. The highest BCUT2D eigenvalue weighted by atomic mass is 16.5. The van der Waals surface area contributed by atoms with E-state index in [1.165, 1.54) is 16.7 Å². The number of hydrogen-bond acceptors (Lipinski definition) is 2. The third-order valence-electron chi connectivity index (χ3n) is 4.29. The number of rotatable bonds is 4. The molecule has 0 aromatic rings. The van der Waals surface area contributed by atoms with Crippen LogP contribution in [-0.2, 0) is 9.53 Å². The molecule has 0 aromatic carbocycles. The zero-order chi connectivity index (χ0) is 13.2. The Labute approximate surface area is 114 Å². The summed E-state index contributed by atoms with van der Waals surface area (Å²) in [5.74, 6) is 0.689. The molecule has 1 saturated heterocycles. The molecule has 1 heterocycles. The Morgan fingerprint density at radius 2 is 2.42 bits per heavy atom. The Morgan fingerprint density at radius 3 is 3.26 bits per heavy atom. The van der Waals surface area contributed by atoms with Gasteiger partial charge in [-0.3, -0.25) is 4.79 Å². The smallest absolute Gasteiger partial charge is 0.219 e. The number of ether oxygens (including phenoxy) is 1. The summed E-state index contributed by atoms with van der Waals surface area (Å²) in [6.45, 7) is 3.50. The lowest BCUT2D eigenvalue weighted by Gasteiger charge is -2.24. The van der Waals surface area contributed by atoms with Crippen LogP contribution in [0.15, 0.2) is 34.9 Å². The molecule has 3 heteroatoms. The first-order valence-corrected chi connectivity index (χ1v) is 7.28. The van der Waals surface area contributed by atoms with Crippen molar-refractivity contribution in [2.75, 3.05) is 13.2 Å². The minimum absolute atomic E-state index is 0.137.